The van der Waals surface area contributed by atoms with Crippen LogP contribution in [0, 0.1) is 0 Å². The Morgan fingerprint density at radius 3 is 1.76 bits per heavy atom. The summed E-state index contributed by atoms with van der Waals surface area (Å²) in [6.07, 6.45) is 16.8. The first-order valence-electron chi connectivity index (χ1n) is 10.2. The summed E-state index contributed by atoms with van der Waals surface area (Å²) in [7, 11) is 0. The molecule has 25 heavy (non-hydrogen) atoms. The minimum atomic E-state index is -0.767. The highest BCUT2D eigenvalue weighted by atomic mass is 32.2. The third-order valence-electron chi connectivity index (χ3n) is 4.55. The van der Waals surface area contributed by atoms with E-state index in [9.17, 15) is 4.79 Å². The maximum absolute atomic E-state index is 10.7. The van der Waals surface area contributed by atoms with Crippen LogP contribution in [0.3, 0.4) is 0 Å². The first-order valence-corrected chi connectivity index (χ1v) is 11.1. The summed E-state index contributed by atoms with van der Waals surface area (Å²) in [5.74, 6) is 0.396. The molecule has 0 aromatic heterocycles. The lowest BCUT2D eigenvalue weighted by atomic mass is 10.1. The predicted molar refractivity (Wildman–Crippen MR) is 110 cm³/mol. The summed E-state index contributed by atoms with van der Waals surface area (Å²) in [6, 6.07) is 7.95. The summed E-state index contributed by atoms with van der Waals surface area (Å²) in [6.45, 7) is 2.27. The summed E-state index contributed by atoms with van der Waals surface area (Å²) in [5, 5.41) is 8.77. The monoisotopic (exact) mass is 364 g/mol. The summed E-state index contributed by atoms with van der Waals surface area (Å²) in [4.78, 5) is 11.9. The Labute approximate surface area is 158 Å². The van der Waals surface area contributed by atoms with Gasteiger partial charge in [-0.2, -0.15) is 0 Å². The zero-order valence-corrected chi connectivity index (χ0v) is 16.8. The molecule has 0 radical (unpaired) electrons. The van der Waals surface area contributed by atoms with E-state index in [1.807, 2.05) is 36.0 Å². The first kappa shape index (κ1) is 22.1. The number of carboxylic acid groups (broad SMARTS) is 1. The van der Waals surface area contributed by atoms with Gasteiger partial charge in [0.05, 0.1) is 6.42 Å². The fraction of sp³-hybridized carbons (Fsp3) is 0.682. The number of benzene rings is 1. The van der Waals surface area contributed by atoms with Crippen molar-refractivity contribution < 1.29 is 9.90 Å². The number of aliphatic carboxylic acids is 1. The number of thioether (sulfide) groups is 1. The van der Waals surface area contributed by atoms with Crippen LogP contribution in [-0.2, 0) is 11.2 Å². The molecular formula is C22H36O2S. The molecule has 0 heterocycles. The van der Waals surface area contributed by atoms with Crippen LogP contribution in [0.2, 0.25) is 0 Å². The Hall–Kier alpha value is -0.960. The van der Waals surface area contributed by atoms with E-state index >= 15 is 0 Å². The van der Waals surface area contributed by atoms with Crippen molar-refractivity contribution in [2.45, 2.75) is 95.3 Å². The molecule has 0 unspecified atom stereocenters. The van der Waals surface area contributed by atoms with Crippen LogP contribution >= 0.6 is 11.8 Å². The topological polar surface area (TPSA) is 37.3 Å². The molecule has 0 saturated carbocycles. The average Bonchev–Trinajstić information content (AvgIpc) is 2.60. The van der Waals surface area contributed by atoms with E-state index in [0.29, 0.717) is 0 Å². The van der Waals surface area contributed by atoms with Gasteiger partial charge in [0.2, 0.25) is 0 Å². The number of carboxylic acids is 1. The minimum Gasteiger partial charge on any atom is -0.481 e. The lowest BCUT2D eigenvalue weighted by molar-refractivity contribution is -0.136. The Morgan fingerprint density at radius 2 is 1.28 bits per heavy atom. The fourth-order valence-corrected chi connectivity index (χ4v) is 3.92. The summed E-state index contributed by atoms with van der Waals surface area (Å²) >= 11 is 1.88. The standard InChI is InChI=1S/C22H36O2S/c1-2-3-4-5-6-7-8-9-10-11-12-13-18-25-21-16-14-20(15-17-21)19-22(23)24/h14-17H,2-13,18-19H2,1H3,(H,23,24). The van der Waals surface area contributed by atoms with Gasteiger partial charge in [0.1, 0.15) is 0 Å². The predicted octanol–water partition coefficient (Wildman–Crippen LogP) is 7.11. The summed E-state index contributed by atoms with van der Waals surface area (Å²) < 4.78 is 0. The number of hydrogen-bond acceptors (Lipinski definition) is 2. The van der Waals surface area contributed by atoms with E-state index in [4.69, 9.17) is 5.11 Å². The minimum absolute atomic E-state index is 0.115. The van der Waals surface area contributed by atoms with Crippen molar-refractivity contribution in [2.75, 3.05) is 5.75 Å². The second-order valence-corrected chi connectivity index (χ2v) is 8.12. The molecule has 1 aromatic carbocycles. The highest BCUT2D eigenvalue weighted by Gasteiger charge is 2.01. The van der Waals surface area contributed by atoms with Crippen LogP contribution in [-0.4, -0.2) is 16.8 Å². The highest BCUT2D eigenvalue weighted by molar-refractivity contribution is 7.99. The van der Waals surface area contributed by atoms with Gasteiger partial charge in [0.15, 0.2) is 0 Å². The third-order valence-corrected chi connectivity index (χ3v) is 5.64. The Morgan fingerprint density at radius 1 is 0.800 bits per heavy atom. The normalized spacial score (nSPS) is 10.9. The van der Waals surface area contributed by atoms with Crippen molar-refractivity contribution in [3.05, 3.63) is 29.8 Å². The van der Waals surface area contributed by atoms with Crippen LogP contribution < -0.4 is 0 Å². The molecule has 2 nitrogen and oxygen atoms in total. The third kappa shape index (κ3) is 13.0. The molecule has 142 valence electrons. The largest absolute Gasteiger partial charge is 0.481 e. The molecule has 0 aliphatic heterocycles. The van der Waals surface area contributed by atoms with Gasteiger partial charge in [-0.3, -0.25) is 4.79 Å². The lowest BCUT2D eigenvalue weighted by Gasteiger charge is -2.04. The van der Waals surface area contributed by atoms with Crippen molar-refractivity contribution in [1.82, 2.24) is 0 Å². The lowest BCUT2D eigenvalue weighted by Crippen LogP contribution is -1.99. The SMILES string of the molecule is CCCCCCCCCCCCCCSc1ccc(CC(=O)O)cc1. The molecule has 0 atom stereocenters. The second kappa shape index (κ2) is 15.3. The van der Waals surface area contributed by atoms with Crippen molar-refractivity contribution in [2.24, 2.45) is 0 Å². The van der Waals surface area contributed by atoms with E-state index in [1.54, 1.807) is 0 Å². The molecular weight excluding hydrogens is 328 g/mol. The molecule has 0 aliphatic carbocycles. The number of carbonyl (C=O) groups is 1. The average molecular weight is 365 g/mol. The fourth-order valence-electron chi connectivity index (χ4n) is 3.01. The number of rotatable bonds is 16. The van der Waals surface area contributed by atoms with Crippen LogP contribution in [0.4, 0.5) is 0 Å². The van der Waals surface area contributed by atoms with Gasteiger partial charge in [-0.25, -0.2) is 0 Å². The quantitative estimate of drug-likeness (QED) is 0.251. The molecule has 1 N–H and O–H groups in total. The molecule has 0 saturated heterocycles. The van der Waals surface area contributed by atoms with Crippen LogP contribution in [0.1, 0.15) is 89.5 Å². The maximum Gasteiger partial charge on any atom is 0.307 e. The number of unbranched alkanes of at least 4 members (excludes halogenated alkanes) is 11. The first-order chi connectivity index (χ1) is 12.2. The molecule has 0 spiro atoms. The molecule has 1 aromatic rings. The second-order valence-electron chi connectivity index (χ2n) is 6.95. The van der Waals surface area contributed by atoms with Gasteiger partial charge in [0, 0.05) is 4.90 Å². The number of hydrogen-bond donors (Lipinski definition) is 1. The van der Waals surface area contributed by atoms with Gasteiger partial charge in [-0.15, -0.1) is 11.8 Å². The van der Waals surface area contributed by atoms with E-state index in [0.717, 1.165) is 11.3 Å². The molecule has 0 aliphatic rings. The Kier molecular flexibility index (Phi) is 13.5. The summed E-state index contributed by atoms with van der Waals surface area (Å²) in [5.41, 5.74) is 0.877. The van der Waals surface area contributed by atoms with E-state index in [1.165, 1.54) is 81.9 Å². The smallest absolute Gasteiger partial charge is 0.307 e. The van der Waals surface area contributed by atoms with Crippen LogP contribution in [0.15, 0.2) is 29.2 Å². The Bertz CT molecular complexity index is 442. The van der Waals surface area contributed by atoms with Crippen LogP contribution in [0.5, 0.6) is 0 Å². The van der Waals surface area contributed by atoms with E-state index < -0.39 is 5.97 Å². The van der Waals surface area contributed by atoms with Gasteiger partial charge in [0.25, 0.3) is 0 Å². The highest BCUT2D eigenvalue weighted by Crippen LogP contribution is 2.21. The molecule has 3 heteroatoms. The zero-order valence-electron chi connectivity index (χ0n) is 16.0. The van der Waals surface area contributed by atoms with Gasteiger partial charge in [-0.05, 0) is 29.9 Å². The Balaban J connectivity index is 1.89. The van der Waals surface area contributed by atoms with E-state index in [-0.39, 0.29) is 6.42 Å². The molecule has 1 rings (SSSR count). The van der Waals surface area contributed by atoms with Crippen molar-refractivity contribution in [1.29, 1.82) is 0 Å². The zero-order chi connectivity index (χ0) is 18.2. The van der Waals surface area contributed by atoms with Crippen molar-refractivity contribution in [3.8, 4) is 0 Å². The maximum atomic E-state index is 10.7. The van der Waals surface area contributed by atoms with Gasteiger partial charge < -0.3 is 5.11 Å². The molecule has 0 fully saturated rings. The molecule has 0 bridgehead atoms. The van der Waals surface area contributed by atoms with Crippen molar-refractivity contribution in [3.63, 3.8) is 0 Å². The van der Waals surface area contributed by atoms with Gasteiger partial charge >= 0.3 is 5.97 Å². The van der Waals surface area contributed by atoms with Crippen molar-refractivity contribution >= 4 is 17.7 Å². The van der Waals surface area contributed by atoms with E-state index in [2.05, 4.69) is 6.92 Å². The van der Waals surface area contributed by atoms with Crippen LogP contribution in [0.25, 0.3) is 0 Å². The molecule has 0 amide bonds. The van der Waals surface area contributed by atoms with Gasteiger partial charge in [-0.1, -0.05) is 89.7 Å².